The highest BCUT2D eigenvalue weighted by Gasteiger charge is 2.38. The third-order valence-electron chi connectivity index (χ3n) is 3.57. The molecule has 11 heteroatoms. The molecule has 138 valence electrons. The van der Waals surface area contributed by atoms with E-state index in [1.54, 1.807) is 0 Å². The molecule has 2 aromatic carbocycles. The molecule has 0 saturated heterocycles. The summed E-state index contributed by atoms with van der Waals surface area (Å²) in [5.41, 5.74) is 1.54. The topological polar surface area (TPSA) is 119 Å². The van der Waals surface area contributed by atoms with E-state index in [4.69, 9.17) is 27.9 Å². The van der Waals surface area contributed by atoms with Crippen molar-refractivity contribution in [3.8, 4) is 5.75 Å². The van der Waals surface area contributed by atoms with Crippen molar-refractivity contribution >= 4 is 46.6 Å². The number of nitro benzene ring substituents is 1. The second-order valence-corrected chi connectivity index (χ2v) is 6.17. The van der Waals surface area contributed by atoms with Crippen molar-refractivity contribution in [1.29, 1.82) is 0 Å². The Hall–Kier alpha value is -3.17. The van der Waals surface area contributed by atoms with Gasteiger partial charge in [-0.25, -0.2) is 0 Å². The van der Waals surface area contributed by atoms with E-state index in [0.717, 1.165) is 18.2 Å². The minimum Gasteiger partial charge on any atom is -0.482 e. The lowest BCUT2D eigenvalue weighted by atomic mass is 10.1. The van der Waals surface area contributed by atoms with Crippen LogP contribution < -0.4 is 10.2 Å². The maximum Gasteiger partial charge on any atom is 0.280 e. The maximum absolute atomic E-state index is 12.3. The number of halogens is 2. The molecule has 0 unspecified atom stereocenters. The minimum atomic E-state index is -0.878. The minimum absolute atomic E-state index is 0.0486. The molecule has 0 atom stereocenters. The van der Waals surface area contributed by atoms with E-state index in [1.807, 2.05) is 0 Å². The number of carbonyl (C=O) groups excluding carboxylic acids is 3. The lowest BCUT2D eigenvalue weighted by Crippen LogP contribution is -2.47. The molecular formula is C16H9Cl2N3O6. The first-order chi connectivity index (χ1) is 12.8. The van der Waals surface area contributed by atoms with E-state index in [1.165, 1.54) is 18.2 Å². The number of non-ortho nitro benzene ring substituents is 1. The monoisotopic (exact) mass is 409 g/mol. The second kappa shape index (κ2) is 7.22. The Labute approximate surface area is 161 Å². The van der Waals surface area contributed by atoms with Crippen LogP contribution in [0.4, 0.5) is 5.69 Å². The molecule has 0 saturated carbocycles. The van der Waals surface area contributed by atoms with Crippen molar-refractivity contribution in [1.82, 2.24) is 10.4 Å². The molecule has 1 aliphatic rings. The highest BCUT2D eigenvalue weighted by molar-refractivity contribution is 6.35. The highest BCUT2D eigenvalue weighted by atomic mass is 35.5. The number of hydrazine groups is 1. The summed E-state index contributed by atoms with van der Waals surface area (Å²) in [4.78, 5) is 46.6. The summed E-state index contributed by atoms with van der Waals surface area (Å²) in [5, 5.41) is 11.9. The van der Waals surface area contributed by atoms with Crippen molar-refractivity contribution in [2.45, 2.75) is 0 Å². The van der Waals surface area contributed by atoms with Crippen molar-refractivity contribution in [3.05, 3.63) is 67.7 Å². The van der Waals surface area contributed by atoms with Crippen LogP contribution in [0.3, 0.4) is 0 Å². The third-order valence-corrected chi connectivity index (χ3v) is 4.10. The summed E-state index contributed by atoms with van der Waals surface area (Å²) in [6.45, 7) is -0.533. The second-order valence-electron chi connectivity index (χ2n) is 5.33. The van der Waals surface area contributed by atoms with Crippen LogP contribution in [0.2, 0.25) is 10.0 Å². The van der Waals surface area contributed by atoms with Crippen molar-refractivity contribution in [3.63, 3.8) is 0 Å². The van der Waals surface area contributed by atoms with Gasteiger partial charge in [0.1, 0.15) is 5.75 Å². The van der Waals surface area contributed by atoms with Crippen LogP contribution in [0.15, 0.2) is 36.4 Å². The van der Waals surface area contributed by atoms with Crippen LogP contribution in [0.1, 0.15) is 20.7 Å². The summed E-state index contributed by atoms with van der Waals surface area (Å²) >= 11 is 11.7. The summed E-state index contributed by atoms with van der Waals surface area (Å²) in [7, 11) is 0. The Bertz CT molecular complexity index is 994. The lowest BCUT2D eigenvalue weighted by molar-refractivity contribution is -0.384. The van der Waals surface area contributed by atoms with Gasteiger partial charge in [-0.1, -0.05) is 23.2 Å². The van der Waals surface area contributed by atoms with Crippen LogP contribution in [0.5, 0.6) is 5.75 Å². The number of amides is 3. The zero-order valence-electron chi connectivity index (χ0n) is 13.3. The largest absolute Gasteiger partial charge is 0.482 e. The Morgan fingerprint density at radius 3 is 2.48 bits per heavy atom. The molecule has 0 fully saturated rings. The average Bonchev–Trinajstić information content (AvgIpc) is 2.85. The standard InChI is InChI=1S/C16H9Cl2N3O6/c17-8-1-4-13(12(18)5-8)27-7-14(22)19-20-15(23)10-3-2-9(21(25)26)6-11(10)16(20)24/h1-6H,7H2,(H,19,22). The normalized spacial score (nSPS) is 12.7. The van der Waals surface area contributed by atoms with Gasteiger partial charge in [0.05, 0.1) is 21.1 Å². The van der Waals surface area contributed by atoms with Crippen LogP contribution in [0.25, 0.3) is 0 Å². The first-order valence-electron chi connectivity index (χ1n) is 7.32. The molecule has 0 radical (unpaired) electrons. The van der Waals surface area contributed by atoms with Gasteiger partial charge >= 0.3 is 0 Å². The number of imide groups is 1. The predicted octanol–water partition coefficient (Wildman–Crippen LogP) is 2.61. The number of hydrogen-bond acceptors (Lipinski definition) is 6. The Morgan fingerprint density at radius 1 is 1.11 bits per heavy atom. The zero-order valence-corrected chi connectivity index (χ0v) is 14.8. The highest BCUT2D eigenvalue weighted by Crippen LogP contribution is 2.28. The number of nitrogens with one attached hydrogen (secondary N) is 1. The number of carbonyl (C=O) groups is 3. The van der Waals surface area contributed by atoms with E-state index in [2.05, 4.69) is 5.43 Å². The Balaban J connectivity index is 1.68. The van der Waals surface area contributed by atoms with E-state index in [0.29, 0.717) is 10.0 Å². The van der Waals surface area contributed by atoms with Gasteiger partial charge < -0.3 is 4.74 Å². The third kappa shape index (κ3) is 3.69. The molecule has 1 N–H and O–H groups in total. The fourth-order valence-electron chi connectivity index (χ4n) is 2.34. The first-order valence-corrected chi connectivity index (χ1v) is 8.08. The average molecular weight is 410 g/mol. The Kier molecular flexibility index (Phi) is 4.98. The number of nitrogens with zero attached hydrogens (tertiary/aromatic N) is 2. The van der Waals surface area contributed by atoms with Crippen molar-refractivity contribution < 1.29 is 24.0 Å². The number of nitro groups is 1. The van der Waals surface area contributed by atoms with Crippen LogP contribution in [-0.4, -0.2) is 34.3 Å². The van der Waals surface area contributed by atoms with Crippen LogP contribution >= 0.6 is 23.2 Å². The van der Waals surface area contributed by atoms with E-state index in [9.17, 15) is 24.5 Å². The molecule has 1 heterocycles. The van der Waals surface area contributed by atoms with Crippen molar-refractivity contribution in [2.75, 3.05) is 6.61 Å². The fraction of sp³-hybridized carbons (Fsp3) is 0.0625. The molecule has 1 aliphatic heterocycles. The molecule has 0 spiro atoms. The lowest BCUT2D eigenvalue weighted by Gasteiger charge is -2.15. The predicted molar refractivity (Wildman–Crippen MR) is 93.7 cm³/mol. The molecule has 0 aromatic heterocycles. The van der Waals surface area contributed by atoms with E-state index in [-0.39, 0.29) is 27.6 Å². The molecular weight excluding hydrogens is 401 g/mol. The fourth-order valence-corrected chi connectivity index (χ4v) is 2.80. The van der Waals surface area contributed by atoms with Crippen LogP contribution in [0, 0.1) is 10.1 Å². The molecule has 2 aromatic rings. The Morgan fingerprint density at radius 2 is 1.81 bits per heavy atom. The summed E-state index contributed by atoms with van der Waals surface area (Å²) in [6, 6.07) is 7.63. The SMILES string of the molecule is O=C(COc1ccc(Cl)cc1Cl)NN1C(=O)c2ccc([N+](=O)[O-])cc2C1=O. The van der Waals surface area contributed by atoms with Gasteiger partial charge in [-0.2, -0.15) is 5.01 Å². The van der Waals surface area contributed by atoms with Gasteiger partial charge in [0.2, 0.25) is 0 Å². The van der Waals surface area contributed by atoms with Gasteiger partial charge in [0.25, 0.3) is 23.4 Å². The molecule has 0 bridgehead atoms. The number of ether oxygens (including phenoxy) is 1. The number of fused-ring (bicyclic) bond motifs is 1. The summed E-state index contributed by atoms with van der Waals surface area (Å²) in [6.07, 6.45) is 0. The first kappa shape index (κ1) is 18.6. The smallest absolute Gasteiger partial charge is 0.280 e. The molecule has 0 aliphatic carbocycles. The number of hydrogen-bond donors (Lipinski definition) is 1. The zero-order chi connectivity index (χ0) is 19.7. The maximum atomic E-state index is 12.3. The summed E-state index contributed by atoms with van der Waals surface area (Å²) in [5.74, 6) is -2.29. The molecule has 3 amide bonds. The molecule has 27 heavy (non-hydrogen) atoms. The number of benzene rings is 2. The van der Waals surface area contributed by atoms with Gasteiger partial charge in [0.15, 0.2) is 6.61 Å². The van der Waals surface area contributed by atoms with Gasteiger partial charge in [0, 0.05) is 17.2 Å². The molecule has 9 nitrogen and oxygen atoms in total. The van der Waals surface area contributed by atoms with Gasteiger partial charge in [-0.15, -0.1) is 0 Å². The van der Waals surface area contributed by atoms with Crippen LogP contribution in [-0.2, 0) is 4.79 Å². The van der Waals surface area contributed by atoms with E-state index >= 15 is 0 Å². The number of rotatable bonds is 5. The molecule has 3 rings (SSSR count). The quantitative estimate of drug-likeness (QED) is 0.460. The summed E-state index contributed by atoms with van der Waals surface area (Å²) < 4.78 is 5.22. The van der Waals surface area contributed by atoms with E-state index < -0.39 is 29.3 Å². The van der Waals surface area contributed by atoms with Gasteiger partial charge in [-0.05, 0) is 24.3 Å². The van der Waals surface area contributed by atoms with Crippen molar-refractivity contribution in [2.24, 2.45) is 0 Å². The van der Waals surface area contributed by atoms with Gasteiger partial charge in [-0.3, -0.25) is 29.9 Å².